The standard InChI is InChI=1S/C15H13N5OS/c16-13-4-2-10(7-18-13)9-1-3-12-11(5-9)8-19-20(12)15(22)6-14(17)21/h1-8,22H,(H2,16,18)(H2,17,21)/b15-6-. The number of thiol groups is 1. The van der Waals surface area contributed by atoms with E-state index < -0.39 is 5.91 Å². The van der Waals surface area contributed by atoms with Crippen molar-refractivity contribution in [2.24, 2.45) is 5.73 Å². The van der Waals surface area contributed by atoms with E-state index in [1.54, 1.807) is 23.1 Å². The SMILES string of the molecule is NC(=O)/C=C(\S)n1ncc2cc(-c3ccc(N)nc3)ccc21. The van der Waals surface area contributed by atoms with Gasteiger partial charge < -0.3 is 11.5 Å². The van der Waals surface area contributed by atoms with Gasteiger partial charge in [-0.05, 0) is 29.8 Å². The van der Waals surface area contributed by atoms with Crippen LogP contribution in [0.5, 0.6) is 0 Å². The third kappa shape index (κ3) is 2.66. The van der Waals surface area contributed by atoms with E-state index in [2.05, 4.69) is 22.7 Å². The van der Waals surface area contributed by atoms with Crippen LogP contribution >= 0.6 is 12.6 Å². The summed E-state index contributed by atoms with van der Waals surface area (Å²) in [4.78, 5) is 15.0. The lowest BCUT2D eigenvalue weighted by Crippen LogP contribution is -2.08. The minimum atomic E-state index is -0.571. The Morgan fingerprint density at radius 3 is 2.64 bits per heavy atom. The van der Waals surface area contributed by atoms with Crippen LogP contribution in [0, 0.1) is 0 Å². The number of nitrogen functional groups attached to an aromatic ring is 1. The molecule has 1 amide bonds. The molecule has 0 bridgehead atoms. The highest BCUT2D eigenvalue weighted by Crippen LogP contribution is 2.26. The number of pyridine rings is 1. The molecular formula is C15H13N5OS. The van der Waals surface area contributed by atoms with Gasteiger partial charge in [0.15, 0.2) is 0 Å². The lowest BCUT2D eigenvalue weighted by Gasteiger charge is -2.04. The molecule has 110 valence electrons. The number of benzene rings is 1. The number of fused-ring (bicyclic) bond motifs is 1. The second-order valence-electron chi connectivity index (χ2n) is 4.71. The summed E-state index contributed by atoms with van der Waals surface area (Å²) >= 11 is 4.24. The molecule has 2 aromatic heterocycles. The maximum atomic E-state index is 10.9. The monoisotopic (exact) mass is 311 g/mol. The van der Waals surface area contributed by atoms with Crippen molar-refractivity contribution in [1.82, 2.24) is 14.8 Å². The van der Waals surface area contributed by atoms with E-state index in [0.717, 1.165) is 22.0 Å². The number of primary amides is 1. The average Bonchev–Trinajstić information content (AvgIpc) is 2.90. The minimum absolute atomic E-state index is 0.365. The van der Waals surface area contributed by atoms with Crippen molar-refractivity contribution in [1.29, 1.82) is 0 Å². The van der Waals surface area contributed by atoms with E-state index in [1.807, 2.05) is 24.3 Å². The second kappa shape index (κ2) is 5.53. The van der Waals surface area contributed by atoms with Gasteiger partial charge in [0.2, 0.25) is 5.91 Å². The molecule has 3 aromatic rings. The predicted molar refractivity (Wildman–Crippen MR) is 89.8 cm³/mol. The zero-order valence-electron chi connectivity index (χ0n) is 11.5. The van der Waals surface area contributed by atoms with Gasteiger partial charge in [0.1, 0.15) is 10.8 Å². The van der Waals surface area contributed by atoms with Gasteiger partial charge in [0.25, 0.3) is 0 Å². The molecule has 3 rings (SSSR count). The summed E-state index contributed by atoms with van der Waals surface area (Å²) in [5, 5.41) is 5.51. The highest BCUT2D eigenvalue weighted by Gasteiger charge is 2.07. The van der Waals surface area contributed by atoms with E-state index in [1.165, 1.54) is 6.08 Å². The van der Waals surface area contributed by atoms with Gasteiger partial charge in [0.05, 0.1) is 11.7 Å². The van der Waals surface area contributed by atoms with Crippen LogP contribution in [0.2, 0.25) is 0 Å². The molecule has 0 saturated carbocycles. The fourth-order valence-corrected chi connectivity index (χ4v) is 2.45. The second-order valence-corrected chi connectivity index (χ2v) is 5.16. The Bertz CT molecular complexity index is 883. The van der Waals surface area contributed by atoms with Crippen molar-refractivity contribution in [3.05, 3.63) is 48.8 Å². The summed E-state index contributed by atoms with van der Waals surface area (Å²) in [6.07, 6.45) is 4.64. The van der Waals surface area contributed by atoms with Crippen LogP contribution in [0.4, 0.5) is 5.82 Å². The number of hydrogen-bond acceptors (Lipinski definition) is 5. The van der Waals surface area contributed by atoms with E-state index in [4.69, 9.17) is 11.5 Å². The van der Waals surface area contributed by atoms with Crippen molar-refractivity contribution in [3.8, 4) is 11.1 Å². The van der Waals surface area contributed by atoms with E-state index in [0.29, 0.717) is 10.8 Å². The van der Waals surface area contributed by atoms with Crippen LogP contribution in [-0.2, 0) is 4.79 Å². The van der Waals surface area contributed by atoms with E-state index in [-0.39, 0.29) is 0 Å². The van der Waals surface area contributed by atoms with E-state index >= 15 is 0 Å². The normalized spacial score (nSPS) is 11.8. The van der Waals surface area contributed by atoms with Crippen molar-refractivity contribution >= 4 is 40.3 Å². The average molecular weight is 311 g/mol. The van der Waals surface area contributed by atoms with Gasteiger partial charge in [-0.15, -0.1) is 12.6 Å². The summed E-state index contributed by atoms with van der Waals surface area (Å²) in [6, 6.07) is 9.49. The molecule has 0 aliphatic rings. The molecule has 2 heterocycles. The zero-order valence-corrected chi connectivity index (χ0v) is 12.4. The molecule has 0 spiro atoms. The lowest BCUT2D eigenvalue weighted by molar-refractivity contribution is -0.113. The molecule has 0 unspecified atom stereocenters. The smallest absolute Gasteiger partial charge is 0.244 e. The summed E-state index contributed by atoms with van der Waals surface area (Å²) in [6.45, 7) is 0. The third-order valence-corrected chi connectivity index (χ3v) is 3.49. The molecule has 4 N–H and O–H groups in total. The Hall–Kier alpha value is -2.80. The first kappa shape index (κ1) is 14.2. The maximum absolute atomic E-state index is 10.9. The quantitative estimate of drug-likeness (QED) is 0.508. The van der Waals surface area contributed by atoms with Crippen molar-refractivity contribution < 1.29 is 4.79 Å². The van der Waals surface area contributed by atoms with Gasteiger partial charge in [-0.3, -0.25) is 4.79 Å². The molecule has 6 nitrogen and oxygen atoms in total. The molecular weight excluding hydrogens is 298 g/mol. The van der Waals surface area contributed by atoms with Gasteiger partial charge in [0, 0.05) is 23.2 Å². The molecule has 0 aliphatic carbocycles. The first-order valence-electron chi connectivity index (χ1n) is 6.45. The Labute approximate surface area is 131 Å². The first-order chi connectivity index (χ1) is 10.5. The van der Waals surface area contributed by atoms with Gasteiger partial charge >= 0.3 is 0 Å². The Morgan fingerprint density at radius 2 is 1.95 bits per heavy atom. The molecule has 0 atom stereocenters. The van der Waals surface area contributed by atoms with Gasteiger partial charge in [-0.25, -0.2) is 9.67 Å². The fraction of sp³-hybridized carbons (Fsp3) is 0. The van der Waals surface area contributed by atoms with Crippen LogP contribution < -0.4 is 11.5 Å². The largest absolute Gasteiger partial charge is 0.384 e. The third-order valence-electron chi connectivity index (χ3n) is 3.18. The maximum Gasteiger partial charge on any atom is 0.244 e. The number of carbonyl (C=O) groups is 1. The molecule has 22 heavy (non-hydrogen) atoms. The lowest BCUT2D eigenvalue weighted by atomic mass is 10.1. The van der Waals surface area contributed by atoms with Crippen LogP contribution in [0.25, 0.3) is 27.1 Å². The molecule has 0 saturated heterocycles. The summed E-state index contributed by atoms with van der Waals surface area (Å²) in [7, 11) is 0. The Balaban J connectivity index is 2.06. The van der Waals surface area contributed by atoms with E-state index in [9.17, 15) is 4.79 Å². The summed E-state index contributed by atoms with van der Waals surface area (Å²) in [5.41, 5.74) is 13.5. The number of nitrogens with zero attached hydrogens (tertiary/aromatic N) is 3. The Kier molecular flexibility index (Phi) is 3.56. The molecule has 1 aromatic carbocycles. The fourth-order valence-electron chi connectivity index (χ4n) is 2.16. The van der Waals surface area contributed by atoms with Crippen LogP contribution in [0.3, 0.4) is 0 Å². The topological polar surface area (TPSA) is 99.8 Å². The number of amides is 1. The molecule has 0 aliphatic heterocycles. The number of carbonyl (C=O) groups excluding carboxylic acids is 1. The van der Waals surface area contributed by atoms with Crippen molar-refractivity contribution in [2.75, 3.05) is 5.73 Å². The number of aromatic nitrogens is 3. The number of nitrogens with two attached hydrogens (primary N) is 2. The van der Waals surface area contributed by atoms with Crippen LogP contribution in [0.1, 0.15) is 0 Å². The number of rotatable bonds is 3. The first-order valence-corrected chi connectivity index (χ1v) is 6.89. The number of anilines is 1. The predicted octanol–water partition coefficient (Wildman–Crippen LogP) is 1.89. The summed E-state index contributed by atoms with van der Waals surface area (Å²) < 4.78 is 1.55. The number of hydrogen-bond donors (Lipinski definition) is 3. The van der Waals surface area contributed by atoms with Crippen molar-refractivity contribution in [3.63, 3.8) is 0 Å². The zero-order chi connectivity index (χ0) is 15.7. The van der Waals surface area contributed by atoms with Gasteiger partial charge in [-0.1, -0.05) is 6.07 Å². The highest BCUT2D eigenvalue weighted by atomic mass is 32.1. The molecule has 0 fully saturated rings. The van der Waals surface area contributed by atoms with Crippen molar-refractivity contribution in [2.45, 2.75) is 0 Å². The highest BCUT2D eigenvalue weighted by molar-refractivity contribution is 7.90. The molecule has 7 heteroatoms. The Morgan fingerprint density at radius 1 is 1.18 bits per heavy atom. The molecule has 0 radical (unpaired) electrons. The minimum Gasteiger partial charge on any atom is -0.384 e. The van der Waals surface area contributed by atoms with Crippen LogP contribution in [0.15, 0.2) is 48.8 Å². The summed E-state index contributed by atoms with van der Waals surface area (Å²) in [5.74, 6) is -0.0906. The van der Waals surface area contributed by atoms with Crippen LogP contribution in [-0.4, -0.2) is 20.7 Å². The van der Waals surface area contributed by atoms with Gasteiger partial charge in [-0.2, -0.15) is 5.10 Å².